The van der Waals surface area contributed by atoms with Crippen LogP contribution in [0.4, 0.5) is 0 Å². The van der Waals surface area contributed by atoms with Gasteiger partial charge in [-0.2, -0.15) is 0 Å². The Labute approximate surface area is 154 Å². The number of nitrogens with one attached hydrogen (secondary N) is 1. The van der Waals surface area contributed by atoms with Crippen LogP contribution in [0, 0.1) is 6.92 Å². The van der Waals surface area contributed by atoms with Crippen molar-refractivity contribution in [3.8, 4) is 0 Å². The van der Waals surface area contributed by atoms with Crippen LogP contribution in [0.15, 0.2) is 48.5 Å². The summed E-state index contributed by atoms with van der Waals surface area (Å²) in [6.45, 7) is 6.44. The van der Waals surface area contributed by atoms with E-state index in [1.54, 1.807) is 12.1 Å². The van der Waals surface area contributed by atoms with E-state index in [0.29, 0.717) is 12.1 Å². The van der Waals surface area contributed by atoms with Crippen molar-refractivity contribution in [2.24, 2.45) is 0 Å². The second-order valence-electron chi connectivity index (χ2n) is 6.54. The zero-order valence-corrected chi connectivity index (χ0v) is 15.0. The fourth-order valence-corrected chi connectivity index (χ4v) is 2.98. The molecule has 0 atom stereocenters. The molecule has 0 bridgehead atoms. The van der Waals surface area contributed by atoms with E-state index in [-0.39, 0.29) is 0 Å². The van der Waals surface area contributed by atoms with E-state index in [0.717, 1.165) is 49.5 Å². The van der Waals surface area contributed by atoms with Crippen LogP contribution in [0.1, 0.15) is 27.0 Å². The molecule has 2 aromatic carbocycles. The minimum absolute atomic E-state index is 0.344. The second kappa shape index (κ2) is 8.74. The summed E-state index contributed by atoms with van der Waals surface area (Å²) in [5.41, 5.74) is 3.66. The summed E-state index contributed by atoms with van der Waals surface area (Å²) >= 11 is 0. The monoisotopic (exact) mass is 352 g/mol. The Morgan fingerprint density at radius 1 is 1.00 bits per heavy atom. The molecule has 5 nitrogen and oxygen atoms in total. The van der Waals surface area contributed by atoms with Crippen molar-refractivity contribution in [2.75, 3.05) is 26.3 Å². The highest BCUT2D eigenvalue weighted by molar-refractivity contribution is 6.42. The van der Waals surface area contributed by atoms with Crippen LogP contribution in [-0.2, 0) is 22.6 Å². The number of benzene rings is 2. The fraction of sp³-hybridized carbons (Fsp3) is 0.333. The lowest BCUT2D eigenvalue weighted by molar-refractivity contribution is -0.117. The number of aryl methyl sites for hydroxylation is 1. The average molecular weight is 352 g/mol. The van der Waals surface area contributed by atoms with Gasteiger partial charge in [-0.15, -0.1) is 0 Å². The molecular formula is C21H24N2O3. The molecule has 1 amide bonds. The van der Waals surface area contributed by atoms with E-state index in [2.05, 4.69) is 16.3 Å². The number of carbonyl (C=O) groups excluding carboxylic acids is 2. The quantitative estimate of drug-likeness (QED) is 0.640. The number of morpholine rings is 1. The molecule has 136 valence electrons. The predicted octanol–water partition coefficient (Wildman–Crippen LogP) is 2.33. The first-order valence-electron chi connectivity index (χ1n) is 8.89. The molecule has 3 rings (SSSR count). The van der Waals surface area contributed by atoms with Crippen molar-refractivity contribution in [1.82, 2.24) is 10.2 Å². The van der Waals surface area contributed by atoms with Crippen LogP contribution < -0.4 is 5.32 Å². The van der Waals surface area contributed by atoms with Gasteiger partial charge in [0.15, 0.2) is 0 Å². The molecule has 0 spiro atoms. The van der Waals surface area contributed by atoms with Gasteiger partial charge < -0.3 is 10.1 Å². The molecule has 0 aromatic heterocycles. The highest BCUT2D eigenvalue weighted by atomic mass is 16.5. The first kappa shape index (κ1) is 18.3. The van der Waals surface area contributed by atoms with E-state index >= 15 is 0 Å². The Bertz CT molecular complexity index is 765. The lowest BCUT2D eigenvalue weighted by atomic mass is 10.1. The summed E-state index contributed by atoms with van der Waals surface area (Å²) < 4.78 is 5.39. The Morgan fingerprint density at radius 3 is 2.35 bits per heavy atom. The minimum atomic E-state index is -0.574. The van der Waals surface area contributed by atoms with Crippen molar-refractivity contribution in [3.63, 3.8) is 0 Å². The molecule has 1 N–H and O–H groups in total. The smallest absolute Gasteiger partial charge is 0.292 e. The Balaban J connectivity index is 1.61. The second-order valence-corrected chi connectivity index (χ2v) is 6.54. The van der Waals surface area contributed by atoms with Gasteiger partial charge in [0.25, 0.3) is 5.91 Å². The topological polar surface area (TPSA) is 58.6 Å². The zero-order chi connectivity index (χ0) is 18.4. The summed E-state index contributed by atoms with van der Waals surface area (Å²) in [6.07, 6.45) is 0. The SMILES string of the molecule is Cc1ccc(C(=O)C(=O)NCc2ccccc2CN2CCOCC2)cc1. The molecule has 1 aliphatic rings. The number of rotatable bonds is 6. The van der Waals surface area contributed by atoms with Crippen molar-refractivity contribution in [3.05, 3.63) is 70.8 Å². The first-order chi connectivity index (χ1) is 12.6. The third kappa shape index (κ3) is 4.77. The van der Waals surface area contributed by atoms with Gasteiger partial charge in [0.2, 0.25) is 5.78 Å². The first-order valence-corrected chi connectivity index (χ1v) is 8.89. The number of nitrogens with zero attached hydrogens (tertiary/aromatic N) is 1. The number of hydrogen-bond donors (Lipinski definition) is 1. The third-order valence-corrected chi connectivity index (χ3v) is 4.58. The molecule has 1 saturated heterocycles. The minimum Gasteiger partial charge on any atom is -0.379 e. The number of ketones is 1. The van der Waals surface area contributed by atoms with E-state index in [4.69, 9.17) is 4.74 Å². The van der Waals surface area contributed by atoms with Crippen LogP contribution in [0.2, 0.25) is 0 Å². The van der Waals surface area contributed by atoms with Gasteiger partial charge in [0, 0.05) is 31.7 Å². The summed E-state index contributed by atoms with van der Waals surface area (Å²) in [7, 11) is 0. The summed E-state index contributed by atoms with van der Waals surface area (Å²) in [5, 5.41) is 2.76. The molecule has 5 heteroatoms. The van der Waals surface area contributed by atoms with Gasteiger partial charge in [-0.3, -0.25) is 14.5 Å². The zero-order valence-electron chi connectivity index (χ0n) is 15.0. The van der Waals surface area contributed by atoms with Crippen LogP contribution in [0.25, 0.3) is 0 Å². The lowest BCUT2D eigenvalue weighted by Crippen LogP contribution is -2.36. The maximum absolute atomic E-state index is 12.2. The van der Waals surface area contributed by atoms with E-state index in [1.807, 2.05) is 37.3 Å². The van der Waals surface area contributed by atoms with Gasteiger partial charge in [-0.1, -0.05) is 54.1 Å². The number of ether oxygens (including phenoxy) is 1. The maximum atomic E-state index is 12.2. The Hall–Kier alpha value is -2.50. The molecule has 1 fully saturated rings. The lowest BCUT2D eigenvalue weighted by Gasteiger charge is -2.27. The molecular weight excluding hydrogens is 328 g/mol. The highest BCUT2D eigenvalue weighted by Crippen LogP contribution is 2.13. The van der Waals surface area contributed by atoms with E-state index in [9.17, 15) is 9.59 Å². The fourth-order valence-electron chi connectivity index (χ4n) is 2.98. The molecule has 0 unspecified atom stereocenters. The van der Waals surface area contributed by atoms with Crippen LogP contribution in [0.3, 0.4) is 0 Å². The molecule has 0 aliphatic carbocycles. The third-order valence-electron chi connectivity index (χ3n) is 4.58. The van der Waals surface area contributed by atoms with Crippen molar-refractivity contribution in [2.45, 2.75) is 20.0 Å². The molecule has 1 heterocycles. The number of amides is 1. The maximum Gasteiger partial charge on any atom is 0.292 e. The average Bonchev–Trinajstić information content (AvgIpc) is 2.68. The normalized spacial score (nSPS) is 14.8. The predicted molar refractivity (Wildman–Crippen MR) is 99.9 cm³/mol. The highest BCUT2D eigenvalue weighted by Gasteiger charge is 2.17. The van der Waals surface area contributed by atoms with Crippen LogP contribution in [-0.4, -0.2) is 42.9 Å². The number of hydrogen-bond acceptors (Lipinski definition) is 4. The van der Waals surface area contributed by atoms with Gasteiger partial charge in [0.1, 0.15) is 0 Å². The van der Waals surface area contributed by atoms with Crippen LogP contribution >= 0.6 is 0 Å². The van der Waals surface area contributed by atoms with Gasteiger partial charge in [0.05, 0.1) is 13.2 Å². The standard InChI is InChI=1S/C21H24N2O3/c1-16-6-8-17(9-7-16)20(24)21(25)22-14-18-4-2-3-5-19(18)15-23-10-12-26-13-11-23/h2-9H,10-15H2,1H3,(H,22,25). The van der Waals surface area contributed by atoms with Crippen molar-refractivity contribution in [1.29, 1.82) is 0 Å². The molecule has 0 saturated carbocycles. The molecule has 0 radical (unpaired) electrons. The summed E-state index contributed by atoms with van der Waals surface area (Å²) in [6, 6.07) is 15.0. The van der Waals surface area contributed by atoms with E-state index in [1.165, 1.54) is 0 Å². The largest absolute Gasteiger partial charge is 0.379 e. The Morgan fingerprint density at radius 2 is 1.65 bits per heavy atom. The van der Waals surface area contributed by atoms with Crippen molar-refractivity contribution >= 4 is 11.7 Å². The van der Waals surface area contributed by atoms with E-state index < -0.39 is 11.7 Å². The van der Waals surface area contributed by atoms with Crippen LogP contribution in [0.5, 0.6) is 0 Å². The van der Waals surface area contributed by atoms with Gasteiger partial charge in [-0.05, 0) is 18.1 Å². The van der Waals surface area contributed by atoms with Gasteiger partial charge >= 0.3 is 0 Å². The van der Waals surface area contributed by atoms with Crippen molar-refractivity contribution < 1.29 is 14.3 Å². The Kier molecular flexibility index (Phi) is 6.15. The molecule has 2 aromatic rings. The number of carbonyl (C=O) groups is 2. The van der Waals surface area contributed by atoms with Gasteiger partial charge in [-0.25, -0.2) is 0 Å². The summed E-state index contributed by atoms with van der Waals surface area (Å²) in [4.78, 5) is 26.8. The molecule has 26 heavy (non-hydrogen) atoms. The number of Topliss-reactive ketones (excluding diaryl/α,β-unsaturated/α-hetero) is 1. The molecule has 1 aliphatic heterocycles. The summed E-state index contributed by atoms with van der Waals surface area (Å²) in [5.74, 6) is -1.08.